The van der Waals surface area contributed by atoms with Crippen molar-refractivity contribution in [3.63, 3.8) is 0 Å². The van der Waals surface area contributed by atoms with Gasteiger partial charge < -0.3 is 9.47 Å². The highest BCUT2D eigenvalue weighted by Crippen LogP contribution is 2.59. The van der Waals surface area contributed by atoms with Gasteiger partial charge in [0, 0.05) is 51.0 Å². The number of hydrogen-bond acceptors (Lipinski definition) is 3. The first-order valence-corrected chi connectivity index (χ1v) is 13.4. The number of benzene rings is 2. The average molecular weight is 500 g/mol. The van der Waals surface area contributed by atoms with Crippen LogP contribution in [0, 0.1) is 0 Å². The molecule has 0 saturated carbocycles. The molecule has 1 heterocycles. The van der Waals surface area contributed by atoms with Crippen LogP contribution in [0.5, 0.6) is 11.5 Å². The monoisotopic (exact) mass is 499 g/mol. The summed E-state index contributed by atoms with van der Waals surface area (Å²) >= 11 is 12.3. The maximum absolute atomic E-state index is 14.8. The Morgan fingerprint density at radius 3 is 1.56 bits per heavy atom. The predicted octanol–water partition coefficient (Wildman–Crippen LogP) is 5.30. The maximum Gasteiger partial charge on any atom is 0.287 e. The number of nitrogens with zero attached hydrogens (tertiary/aromatic N) is 3. The second-order valence-corrected chi connectivity index (χ2v) is 11.2. The fourth-order valence-corrected chi connectivity index (χ4v) is 7.96. The first-order chi connectivity index (χ1) is 15.5. The second-order valence-electron chi connectivity index (χ2n) is 7.67. The van der Waals surface area contributed by atoms with Crippen LogP contribution < -0.4 is 9.47 Å². The van der Waals surface area contributed by atoms with Gasteiger partial charge in [-0.3, -0.25) is 4.57 Å². The van der Waals surface area contributed by atoms with E-state index in [0.29, 0.717) is 37.9 Å². The molecule has 0 aliphatic carbocycles. The summed E-state index contributed by atoms with van der Waals surface area (Å²) in [6, 6.07) is 15.9. The quantitative estimate of drug-likeness (QED) is 0.308. The zero-order valence-corrected chi connectivity index (χ0v) is 21.2. The highest BCUT2D eigenvalue weighted by molar-refractivity contribution is 7.56. The van der Waals surface area contributed by atoms with Gasteiger partial charge in [-0.1, -0.05) is 24.3 Å². The van der Waals surface area contributed by atoms with Gasteiger partial charge in [0.15, 0.2) is 0 Å². The number of alkyl halides is 2. The van der Waals surface area contributed by atoms with E-state index in [4.69, 9.17) is 32.7 Å². The minimum atomic E-state index is -3.08. The normalized spacial score (nSPS) is 16.9. The van der Waals surface area contributed by atoms with Crippen molar-refractivity contribution in [2.45, 2.75) is 19.5 Å². The van der Waals surface area contributed by atoms with Gasteiger partial charge in [0.2, 0.25) is 0 Å². The number of ether oxygens (including phenoxy) is 2. The Kier molecular flexibility index (Phi) is 9.72. The van der Waals surface area contributed by atoms with Crippen molar-refractivity contribution < 1.29 is 14.0 Å². The molecule has 9 heteroatoms. The van der Waals surface area contributed by atoms with Crippen LogP contribution in [0.3, 0.4) is 0 Å². The van der Waals surface area contributed by atoms with Gasteiger partial charge in [-0.05, 0) is 41.8 Å². The van der Waals surface area contributed by atoms with Crippen molar-refractivity contribution in [2.24, 2.45) is 0 Å². The van der Waals surface area contributed by atoms with E-state index >= 15 is 0 Å². The molecule has 0 amide bonds. The molecule has 0 unspecified atom stereocenters. The molecular formula is C23H32Cl2N3O3P. The molecule has 176 valence electrons. The molecule has 3 rings (SSSR count). The van der Waals surface area contributed by atoms with Crippen molar-refractivity contribution in [3.8, 4) is 11.5 Å². The molecule has 0 bridgehead atoms. The van der Waals surface area contributed by atoms with Gasteiger partial charge in [0.1, 0.15) is 11.5 Å². The lowest BCUT2D eigenvalue weighted by molar-refractivity contribution is 0.225. The molecule has 1 aliphatic rings. The van der Waals surface area contributed by atoms with Crippen LogP contribution in [0.25, 0.3) is 0 Å². The highest BCUT2D eigenvalue weighted by atomic mass is 35.5. The Morgan fingerprint density at radius 1 is 0.812 bits per heavy atom. The Bertz CT molecular complexity index is 816. The summed E-state index contributed by atoms with van der Waals surface area (Å²) in [7, 11) is 0.231. The van der Waals surface area contributed by atoms with E-state index in [1.165, 1.54) is 0 Å². The topological polar surface area (TPSA) is 45.3 Å². The van der Waals surface area contributed by atoms with Crippen molar-refractivity contribution in [1.82, 2.24) is 14.0 Å². The molecule has 0 spiro atoms. The lowest BCUT2D eigenvalue weighted by Gasteiger charge is -2.48. The molecule has 0 N–H and O–H groups in total. The highest BCUT2D eigenvalue weighted by Gasteiger charge is 2.44. The van der Waals surface area contributed by atoms with E-state index in [1.54, 1.807) is 14.2 Å². The molecule has 1 fully saturated rings. The zero-order valence-electron chi connectivity index (χ0n) is 18.8. The summed E-state index contributed by atoms with van der Waals surface area (Å²) in [6.07, 6.45) is 0.936. The molecule has 1 saturated heterocycles. The van der Waals surface area contributed by atoms with E-state index in [0.717, 1.165) is 42.1 Å². The Labute approximate surface area is 201 Å². The fraction of sp³-hybridized carbons (Fsp3) is 0.478. The first-order valence-electron chi connectivity index (χ1n) is 10.8. The maximum atomic E-state index is 14.8. The smallest absolute Gasteiger partial charge is 0.287 e. The SMILES string of the molecule is COc1ccc(CN2CCCN(Cc3ccc(OC)cc3)P2(=O)N(CCCl)CCCl)cc1. The number of rotatable bonds is 11. The fourth-order valence-electron chi connectivity index (χ4n) is 4.03. The first kappa shape index (κ1) is 25.4. The second kappa shape index (κ2) is 12.3. The lowest BCUT2D eigenvalue weighted by Crippen LogP contribution is -2.46. The molecule has 6 nitrogen and oxygen atoms in total. The van der Waals surface area contributed by atoms with Crippen molar-refractivity contribution in [3.05, 3.63) is 59.7 Å². The number of hydrogen-bond donors (Lipinski definition) is 0. The van der Waals surface area contributed by atoms with E-state index in [-0.39, 0.29) is 0 Å². The van der Waals surface area contributed by atoms with Crippen molar-refractivity contribution >= 4 is 30.8 Å². The predicted molar refractivity (Wildman–Crippen MR) is 132 cm³/mol. The number of methoxy groups -OCH3 is 2. The Balaban J connectivity index is 1.91. The van der Waals surface area contributed by atoms with Crippen LogP contribution in [0.1, 0.15) is 17.5 Å². The van der Waals surface area contributed by atoms with Crippen LogP contribution in [0.15, 0.2) is 48.5 Å². The van der Waals surface area contributed by atoms with Crippen LogP contribution in [0.2, 0.25) is 0 Å². The van der Waals surface area contributed by atoms with Crippen LogP contribution >= 0.6 is 30.8 Å². The van der Waals surface area contributed by atoms with Crippen LogP contribution in [0.4, 0.5) is 0 Å². The van der Waals surface area contributed by atoms with Crippen molar-refractivity contribution in [1.29, 1.82) is 0 Å². The van der Waals surface area contributed by atoms with Gasteiger partial charge in [0.05, 0.1) is 14.2 Å². The van der Waals surface area contributed by atoms with Gasteiger partial charge in [0.25, 0.3) is 7.59 Å². The zero-order chi connectivity index (χ0) is 23.0. The minimum Gasteiger partial charge on any atom is -0.497 e. The van der Waals surface area contributed by atoms with E-state index in [1.807, 2.05) is 53.2 Å². The van der Waals surface area contributed by atoms with Gasteiger partial charge >= 0.3 is 0 Å². The van der Waals surface area contributed by atoms with Gasteiger partial charge in [-0.25, -0.2) is 14.0 Å². The van der Waals surface area contributed by atoms with E-state index in [2.05, 4.69) is 9.34 Å². The van der Waals surface area contributed by atoms with Gasteiger partial charge in [-0.2, -0.15) is 0 Å². The van der Waals surface area contributed by atoms with Gasteiger partial charge in [-0.15, -0.1) is 23.2 Å². The molecule has 2 aromatic carbocycles. The summed E-state index contributed by atoms with van der Waals surface area (Å²) in [6.45, 7) is 3.71. The molecule has 1 aliphatic heterocycles. The molecular weight excluding hydrogens is 468 g/mol. The van der Waals surface area contributed by atoms with Crippen LogP contribution in [-0.2, 0) is 17.7 Å². The summed E-state index contributed by atoms with van der Waals surface area (Å²) in [5.74, 6) is 2.41. The molecule has 0 atom stereocenters. The molecule has 2 aromatic rings. The number of halogens is 2. The van der Waals surface area contributed by atoms with E-state index in [9.17, 15) is 4.57 Å². The summed E-state index contributed by atoms with van der Waals surface area (Å²) in [5.41, 5.74) is 2.18. The third kappa shape index (κ3) is 5.99. The van der Waals surface area contributed by atoms with Crippen LogP contribution in [-0.4, -0.2) is 66.2 Å². The molecule has 0 radical (unpaired) electrons. The van der Waals surface area contributed by atoms with Crippen molar-refractivity contribution in [2.75, 3.05) is 52.2 Å². The summed E-state index contributed by atoms with van der Waals surface area (Å²) in [5, 5.41) is 0. The Morgan fingerprint density at radius 2 is 1.22 bits per heavy atom. The molecule has 32 heavy (non-hydrogen) atoms. The minimum absolute atomic E-state index is 0.396. The summed E-state index contributed by atoms with van der Waals surface area (Å²) in [4.78, 5) is 0. The standard InChI is InChI=1S/C23H32Cl2N3O3P/c1-30-22-8-4-20(5-9-22)18-27-14-3-15-28(19-21-6-10-23(31-2)11-7-21)32(27,29)26(16-12-24)17-13-25/h4-11H,3,12-19H2,1-2H3. The molecule has 0 aromatic heterocycles. The third-order valence-electron chi connectivity index (χ3n) is 5.67. The average Bonchev–Trinajstić information content (AvgIpc) is 2.82. The summed E-state index contributed by atoms with van der Waals surface area (Å²) < 4.78 is 31.6. The third-order valence-corrected chi connectivity index (χ3v) is 9.30. The largest absolute Gasteiger partial charge is 0.497 e. The van der Waals surface area contributed by atoms with E-state index < -0.39 is 7.59 Å². The lowest BCUT2D eigenvalue weighted by atomic mass is 10.2. The Hall–Kier alpha value is -1.27.